The molecule has 2 heterocycles. The van der Waals surface area contributed by atoms with Gasteiger partial charge >= 0.3 is 17.8 Å². The van der Waals surface area contributed by atoms with Gasteiger partial charge in [-0.05, 0) is 34.5 Å². The first-order valence-corrected chi connectivity index (χ1v) is 7.99. The Hall–Kier alpha value is -2.61. The predicted octanol–water partition coefficient (Wildman–Crippen LogP) is 2.31. The Bertz CT molecular complexity index is 934. The Kier molecular flexibility index (Phi) is 7.99. The molecule has 0 saturated heterocycles. The zero-order chi connectivity index (χ0) is 21.6. The highest BCUT2D eigenvalue weighted by molar-refractivity contribution is 9.10. The lowest BCUT2D eigenvalue weighted by Crippen LogP contribution is -2.21. The van der Waals surface area contributed by atoms with Crippen molar-refractivity contribution < 1.29 is 31.9 Å². The second-order valence-electron chi connectivity index (χ2n) is 5.13. The van der Waals surface area contributed by atoms with Gasteiger partial charge in [0.15, 0.2) is 0 Å². The number of pyridine rings is 1. The van der Waals surface area contributed by atoms with Crippen LogP contribution in [0.5, 0.6) is 0 Å². The number of nitrogens with two attached hydrogens (primary N) is 1. The number of aromatic nitrogens is 4. The summed E-state index contributed by atoms with van der Waals surface area (Å²) < 4.78 is 59.0. The molecule has 0 aromatic carbocycles. The molecule has 0 amide bonds. The highest BCUT2D eigenvalue weighted by Gasteiger charge is 2.38. The summed E-state index contributed by atoms with van der Waals surface area (Å²) in [5.74, 6) is -2.61. The van der Waals surface area contributed by atoms with Crippen molar-refractivity contribution in [3.05, 3.63) is 50.4 Å². The molecule has 154 valence electrons. The number of H-pyrrole nitrogens is 1. The van der Waals surface area contributed by atoms with Gasteiger partial charge in [0.2, 0.25) is 0 Å². The quantitative estimate of drug-likeness (QED) is 0.461. The molecule has 0 spiro atoms. The van der Waals surface area contributed by atoms with Crippen molar-refractivity contribution in [1.82, 2.24) is 19.7 Å². The summed E-state index contributed by atoms with van der Waals surface area (Å²) in [6, 6.07) is 1.70. The number of aliphatic carboxylic acids is 1. The van der Waals surface area contributed by atoms with Gasteiger partial charge in [-0.2, -0.15) is 27.1 Å². The van der Waals surface area contributed by atoms with E-state index < -0.39 is 23.9 Å². The highest BCUT2D eigenvalue weighted by Crippen LogP contribution is 2.18. The Labute approximate surface area is 162 Å². The number of carboxylic acid groups (broad SMARTS) is 1. The van der Waals surface area contributed by atoms with Gasteiger partial charge in [-0.1, -0.05) is 0 Å². The van der Waals surface area contributed by atoms with Gasteiger partial charge in [0.25, 0.3) is 6.08 Å². The van der Waals surface area contributed by atoms with Gasteiger partial charge in [0.05, 0.1) is 11.9 Å². The van der Waals surface area contributed by atoms with Crippen molar-refractivity contribution in [3.63, 3.8) is 0 Å². The molecule has 14 heteroatoms. The summed E-state index contributed by atoms with van der Waals surface area (Å²) in [7, 11) is 0. The fourth-order valence-corrected chi connectivity index (χ4v) is 2.00. The summed E-state index contributed by atoms with van der Waals surface area (Å²) in [6.07, 6.45) is -5.70. The van der Waals surface area contributed by atoms with Crippen LogP contribution in [0.2, 0.25) is 0 Å². The summed E-state index contributed by atoms with van der Waals surface area (Å²) in [4.78, 5) is 24.8. The summed E-state index contributed by atoms with van der Waals surface area (Å²) in [5.41, 5.74) is 5.74. The Morgan fingerprint density at radius 3 is 2.39 bits per heavy atom. The van der Waals surface area contributed by atoms with E-state index in [0.29, 0.717) is 10.3 Å². The summed E-state index contributed by atoms with van der Waals surface area (Å²) in [5, 5.41) is 13.2. The molecule has 0 saturated carbocycles. The monoisotopic (exact) mass is 473 g/mol. The molecule has 2 rings (SSSR count). The number of carbonyl (C=O) groups is 1. The number of nitrogens with one attached hydrogen (secondary N) is 1. The molecule has 0 aliphatic rings. The summed E-state index contributed by atoms with van der Waals surface area (Å²) in [6.45, 7) is 1.50. The van der Waals surface area contributed by atoms with Crippen LogP contribution in [0.1, 0.15) is 11.4 Å². The van der Waals surface area contributed by atoms with Crippen LogP contribution < -0.4 is 11.4 Å². The van der Waals surface area contributed by atoms with Crippen LogP contribution in [0.4, 0.5) is 22.0 Å². The highest BCUT2D eigenvalue weighted by atomic mass is 79.9. The van der Waals surface area contributed by atoms with E-state index in [1.807, 2.05) is 0 Å². The second-order valence-corrected chi connectivity index (χ2v) is 5.88. The molecule has 0 fully saturated rings. The van der Waals surface area contributed by atoms with Gasteiger partial charge in [0, 0.05) is 18.5 Å². The van der Waals surface area contributed by atoms with E-state index in [4.69, 9.17) is 15.6 Å². The first kappa shape index (κ1) is 23.4. The molecule has 0 unspecified atom stereocenters. The molecule has 4 N–H and O–H groups in total. The molecular weight excluding hydrogens is 461 g/mol. The zero-order valence-electron chi connectivity index (χ0n) is 14.0. The third-order valence-corrected chi connectivity index (χ3v) is 3.96. The molecule has 0 aliphatic heterocycles. The van der Waals surface area contributed by atoms with Gasteiger partial charge in [0.1, 0.15) is 10.4 Å². The second kappa shape index (κ2) is 9.54. The number of nitrogens with zero attached hydrogens (tertiary/aromatic N) is 3. The summed E-state index contributed by atoms with van der Waals surface area (Å²) >= 11 is 3.26. The van der Waals surface area contributed by atoms with Crippen molar-refractivity contribution in [2.75, 3.05) is 6.54 Å². The maximum absolute atomic E-state index is 12.7. The van der Waals surface area contributed by atoms with E-state index in [-0.39, 0.29) is 24.4 Å². The number of rotatable bonds is 4. The van der Waals surface area contributed by atoms with Gasteiger partial charge in [-0.25, -0.2) is 24.2 Å². The molecule has 0 aliphatic carbocycles. The predicted molar refractivity (Wildman–Crippen MR) is 90.1 cm³/mol. The van der Waals surface area contributed by atoms with E-state index in [2.05, 4.69) is 31.1 Å². The number of hydrogen-bond donors (Lipinski definition) is 3. The van der Waals surface area contributed by atoms with E-state index in [1.165, 1.54) is 10.8 Å². The van der Waals surface area contributed by atoms with Gasteiger partial charge in [-0.15, -0.1) is 0 Å². The van der Waals surface area contributed by atoms with E-state index in [0.717, 1.165) is 5.56 Å². The maximum atomic E-state index is 12.7. The van der Waals surface area contributed by atoms with Gasteiger partial charge in [-0.3, -0.25) is 0 Å². The molecular formula is C14H13BrF5N5O3. The fourth-order valence-electron chi connectivity index (χ4n) is 1.79. The average Bonchev–Trinajstić information content (AvgIpc) is 2.95. The first-order chi connectivity index (χ1) is 12.9. The molecule has 28 heavy (non-hydrogen) atoms. The largest absolute Gasteiger partial charge is 0.490 e. The smallest absolute Gasteiger partial charge is 0.475 e. The van der Waals surface area contributed by atoms with Crippen LogP contribution in [0.15, 0.2) is 33.3 Å². The molecule has 0 radical (unpaired) electrons. The van der Waals surface area contributed by atoms with Gasteiger partial charge < -0.3 is 10.8 Å². The Balaban J connectivity index is 0.000000480. The van der Waals surface area contributed by atoms with Crippen molar-refractivity contribution in [3.8, 4) is 5.69 Å². The molecule has 0 atom stereocenters. The number of carboxylic acids is 1. The van der Waals surface area contributed by atoms with Crippen molar-refractivity contribution >= 4 is 21.9 Å². The molecule has 2 aromatic rings. The van der Waals surface area contributed by atoms with E-state index in [1.54, 1.807) is 13.0 Å². The van der Waals surface area contributed by atoms with Crippen LogP contribution in [-0.2, 0) is 11.2 Å². The van der Waals surface area contributed by atoms with Crippen LogP contribution in [0.3, 0.4) is 0 Å². The third-order valence-electron chi connectivity index (χ3n) is 3.13. The molecule has 8 nitrogen and oxygen atoms in total. The minimum atomic E-state index is -5.08. The lowest BCUT2D eigenvalue weighted by Gasteiger charge is -2.08. The fraction of sp³-hybridized carbons (Fsp3) is 0.286. The minimum absolute atomic E-state index is 0.150. The zero-order valence-corrected chi connectivity index (χ0v) is 15.6. The van der Waals surface area contributed by atoms with Crippen LogP contribution in [0, 0.1) is 6.92 Å². The van der Waals surface area contributed by atoms with Crippen LogP contribution in [0.25, 0.3) is 5.69 Å². The SMILES string of the molecule is Cc1cc(-n2c(CC(CN)=C(F)F)n[nH]c2=O)cnc1Br.O=C(O)C(F)(F)F. The lowest BCUT2D eigenvalue weighted by atomic mass is 10.2. The molecule has 2 aromatic heterocycles. The van der Waals surface area contributed by atoms with Crippen LogP contribution in [-0.4, -0.2) is 43.5 Å². The number of aromatic amines is 1. The van der Waals surface area contributed by atoms with E-state index in [9.17, 15) is 26.7 Å². The topological polar surface area (TPSA) is 127 Å². The maximum Gasteiger partial charge on any atom is 0.490 e. The normalized spacial score (nSPS) is 10.9. The standard InChI is InChI=1S/C12H12BrF2N5O.C2HF3O2/c1-6-2-8(5-17-10(6)13)20-9(18-19-12(20)21)3-7(4-16)11(14)15;3-2(4,5)1(6)7/h2,5H,3-4,16H2,1H3,(H,19,21);(H,6,7). The lowest BCUT2D eigenvalue weighted by molar-refractivity contribution is -0.192. The van der Waals surface area contributed by atoms with E-state index >= 15 is 0 Å². The molecule has 0 bridgehead atoms. The van der Waals surface area contributed by atoms with Crippen molar-refractivity contribution in [1.29, 1.82) is 0 Å². The van der Waals surface area contributed by atoms with Crippen molar-refractivity contribution in [2.45, 2.75) is 19.5 Å². The van der Waals surface area contributed by atoms with Crippen molar-refractivity contribution in [2.24, 2.45) is 5.73 Å². The third kappa shape index (κ3) is 6.23. The number of halogens is 6. The van der Waals surface area contributed by atoms with Crippen LogP contribution >= 0.6 is 15.9 Å². The average molecular weight is 474 g/mol. The number of hydrogen-bond acceptors (Lipinski definition) is 5. The number of alkyl halides is 3. The first-order valence-electron chi connectivity index (χ1n) is 7.20. The minimum Gasteiger partial charge on any atom is -0.475 e. The number of aryl methyl sites for hydroxylation is 1. The Morgan fingerprint density at radius 2 is 1.96 bits per heavy atom. The Morgan fingerprint density at radius 1 is 1.39 bits per heavy atom.